The quantitative estimate of drug-likeness (QED) is 0.702. The molecule has 112 valence electrons. The number of hydrogen-bond donors (Lipinski definition) is 1. The van der Waals surface area contributed by atoms with E-state index in [4.69, 9.17) is 9.47 Å². The first-order valence-corrected chi connectivity index (χ1v) is 7.06. The summed E-state index contributed by atoms with van der Waals surface area (Å²) in [6.45, 7) is 6.01. The van der Waals surface area contributed by atoms with Crippen molar-refractivity contribution in [2.24, 2.45) is 0 Å². The second-order valence-electron chi connectivity index (χ2n) is 5.36. The Bertz CT molecular complexity index is 298. The van der Waals surface area contributed by atoms with Crippen LogP contribution in [0.2, 0.25) is 0 Å². The molecule has 1 saturated carbocycles. The summed E-state index contributed by atoms with van der Waals surface area (Å²) in [6.07, 6.45) is 2.65. The minimum atomic E-state index is -0.514. The van der Waals surface area contributed by atoms with Gasteiger partial charge in [0.2, 0.25) is 0 Å². The van der Waals surface area contributed by atoms with Gasteiger partial charge in [-0.1, -0.05) is 6.92 Å². The largest absolute Gasteiger partial charge is 0.468 e. The van der Waals surface area contributed by atoms with E-state index in [9.17, 15) is 4.79 Å². The zero-order valence-corrected chi connectivity index (χ0v) is 12.9. The molecule has 1 aliphatic carbocycles. The van der Waals surface area contributed by atoms with Crippen molar-refractivity contribution in [3.05, 3.63) is 0 Å². The fourth-order valence-electron chi connectivity index (χ4n) is 3.28. The molecule has 0 saturated heterocycles. The summed E-state index contributed by atoms with van der Waals surface area (Å²) in [5.74, 6) is -0.145. The van der Waals surface area contributed by atoms with Gasteiger partial charge in [0, 0.05) is 19.2 Å². The van der Waals surface area contributed by atoms with Crippen molar-refractivity contribution in [3.8, 4) is 0 Å². The minimum Gasteiger partial charge on any atom is -0.468 e. The molecule has 1 rings (SSSR count). The molecular weight excluding hydrogens is 244 g/mol. The van der Waals surface area contributed by atoms with Crippen LogP contribution in [0.25, 0.3) is 0 Å². The lowest BCUT2D eigenvalue weighted by Crippen LogP contribution is -2.51. The zero-order valence-electron chi connectivity index (χ0n) is 12.9. The van der Waals surface area contributed by atoms with Crippen molar-refractivity contribution in [1.29, 1.82) is 0 Å². The van der Waals surface area contributed by atoms with Crippen molar-refractivity contribution in [3.63, 3.8) is 0 Å². The highest BCUT2D eigenvalue weighted by molar-refractivity contribution is 5.81. The van der Waals surface area contributed by atoms with E-state index in [1.807, 2.05) is 7.05 Å². The Morgan fingerprint density at radius 2 is 2.21 bits per heavy atom. The topological polar surface area (TPSA) is 50.8 Å². The monoisotopic (exact) mass is 272 g/mol. The number of rotatable bonds is 7. The average Bonchev–Trinajstić information content (AvgIpc) is 2.84. The van der Waals surface area contributed by atoms with E-state index in [-0.39, 0.29) is 5.97 Å². The molecule has 19 heavy (non-hydrogen) atoms. The lowest BCUT2D eigenvalue weighted by Gasteiger charge is -2.34. The Hall–Kier alpha value is -0.650. The summed E-state index contributed by atoms with van der Waals surface area (Å²) in [4.78, 5) is 14.4. The standard InChI is InChI=1S/C14H28N2O3/c1-6-16(11(2)10-18-4)12-7-8-14(9-12,15-3)13(17)19-5/h11-12,15H,6-10H2,1-5H3. The third kappa shape index (κ3) is 3.46. The van der Waals surface area contributed by atoms with Crippen LogP contribution in [-0.2, 0) is 14.3 Å². The highest BCUT2D eigenvalue weighted by Gasteiger charge is 2.47. The van der Waals surface area contributed by atoms with Crippen molar-refractivity contribution in [1.82, 2.24) is 10.2 Å². The molecule has 0 amide bonds. The number of hydrogen-bond acceptors (Lipinski definition) is 5. The molecule has 0 aromatic heterocycles. The molecule has 0 aromatic rings. The summed E-state index contributed by atoms with van der Waals surface area (Å²) >= 11 is 0. The molecule has 0 spiro atoms. The number of ether oxygens (including phenoxy) is 2. The van der Waals surface area contributed by atoms with Crippen LogP contribution in [-0.4, -0.2) is 62.9 Å². The van der Waals surface area contributed by atoms with E-state index in [1.54, 1.807) is 7.11 Å². The normalized spacial score (nSPS) is 28.6. The maximum Gasteiger partial charge on any atom is 0.326 e. The summed E-state index contributed by atoms with van der Waals surface area (Å²) in [6, 6.07) is 0.770. The Morgan fingerprint density at radius 1 is 1.53 bits per heavy atom. The van der Waals surface area contributed by atoms with Crippen molar-refractivity contribution in [2.45, 2.75) is 50.7 Å². The average molecular weight is 272 g/mol. The van der Waals surface area contributed by atoms with Crippen LogP contribution >= 0.6 is 0 Å². The fourth-order valence-corrected chi connectivity index (χ4v) is 3.28. The molecule has 3 atom stereocenters. The molecule has 0 aromatic carbocycles. The summed E-state index contributed by atoms with van der Waals surface area (Å²) in [5.41, 5.74) is -0.514. The molecule has 5 nitrogen and oxygen atoms in total. The van der Waals surface area contributed by atoms with Gasteiger partial charge in [0.15, 0.2) is 0 Å². The van der Waals surface area contributed by atoms with Crippen LogP contribution in [0.1, 0.15) is 33.1 Å². The SMILES string of the molecule is CCN(C(C)COC)C1CCC(NC)(C(=O)OC)C1. The third-order valence-electron chi connectivity index (χ3n) is 4.35. The third-order valence-corrected chi connectivity index (χ3v) is 4.35. The number of esters is 1. The number of likely N-dealkylation sites (N-methyl/N-ethyl adjacent to an activating group) is 2. The molecular formula is C14H28N2O3. The molecule has 5 heteroatoms. The van der Waals surface area contributed by atoms with Gasteiger partial charge >= 0.3 is 5.97 Å². The van der Waals surface area contributed by atoms with Crippen LogP contribution in [0.3, 0.4) is 0 Å². The van der Waals surface area contributed by atoms with E-state index < -0.39 is 5.54 Å². The number of carbonyl (C=O) groups is 1. The van der Waals surface area contributed by atoms with Gasteiger partial charge in [-0.3, -0.25) is 9.69 Å². The molecule has 1 aliphatic rings. The maximum atomic E-state index is 12.0. The summed E-state index contributed by atoms with van der Waals surface area (Å²) in [5, 5.41) is 3.18. The van der Waals surface area contributed by atoms with Gasteiger partial charge in [-0.05, 0) is 39.8 Å². The molecule has 3 unspecified atom stereocenters. The van der Waals surface area contributed by atoms with Crippen LogP contribution in [0.4, 0.5) is 0 Å². The van der Waals surface area contributed by atoms with Gasteiger partial charge in [-0.2, -0.15) is 0 Å². The van der Waals surface area contributed by atoms with Crippen molar-refractivity contribution < 1.29 is 14.3 Å². The smallest absolute Gasteiger partial charge is 0.326 e. The van der Waals surface area contributed by atoms with Gasteiger partial charge in [-0.25, -0.2) is 0 Å². The lowest BCUT2D eigenvalue weighted by molar-refractivity contribution is -0.148. The van der Waals surface area contributed by atoms with Gasteiger partial charge in [0.1, 0.15) is 5.54 Å². The van der Waals surface area contributed by atoms with Crippen LogP contribution < -0.4 is 5.32 Å². The maximum absolute atomic E-state index is 12.0. The first-order chi connectivity index (χ1) is 9.04. The van der Waals surface area contributed by atoms with Gasteiger partial charge in [-0.15, -0.1) is 0 Å². The highest BCUT2D eigenvalue weighted by Crippen LogP contribution is 2.34. The Balaban J connectivity index is 2.74. The van der Waals surface area contributed by atoms with Gasteiger partial charge in [0.05, 0.1) is 13.7 Å². The first-order valence-electron chi connectivity index (χ1n) is 7.06. The predicted octanol–water partition coefficient (Wildman–Crippen LogP) is 1.03. The van der Waals surface area contributed by atoms with Crippen molar-refractivity contribution >= 4 is 5.97 Å². The number of nitrogens with one attached hydrogen (secondary N) is 1. The predicted molar refractivity (Wildman–Crippen MR) is 75.2 cm³/mol. The second kappa shape index (κ2) is 7.22. The Labute approximate surface area is 116 Å². The van der Waals surface area contributed by atoms with Crippen molar-refractivity contribution in [2.75, 3.05) is 34.4 Å². The highest BCUT2D eigenvalue weighted by atomic mass is 16.5. The van der Waals surface area contributed by atoms with E-state index in [2.05, 4.69) is 24.1 Å². The van der Waals surface area contributed by atoms with E-state index in [0.717, 1.165) is 32.4 Å². The second-order valence-corrected chi connectivity index (χ2v) is 5.36. The Morgan fingerprint density at radius 3 is 2.68 bits per heavy atom. The van der Waals surface area contributed by atoms with Crippen LogP contribution in [0, 0.1) is 0 Å². The lowest BCUT2D eigenvalue weighted by atomic mass is 9.97. The first kappa shape index (κ1) is 16.4. The minimum absolute atomic E-state index is 0.145. The van der Waals surface area contributed by atoms with E-state index >= 15 is 0 Å². The summed E-state index contributed by atoms with van der Waals surface area (Å²) in [7, 11) is 5.03. The number of carbonyl (C=O) groups excluding carboxylic acids is 1. The number of nitrogens with zero attached hydrogens (tertiary/aromatic N) is 1. The van der Waals surface area contributed by atoms with E-state index in [1.165, 1.54) is 7.11 Å². The molecule has 0 aliphatic heterocycles. The van der Waals surface area contributed by atoms with Gasteiger partial charge in [0.25, 0.3) is 0 Å². The fraction of sp³-hybridized carbons (Fsp3) is 0.929. The molecule has 1 N–H and O–H groups in total. The molecule has 0 heterocycles. The molecule has 1 fully saturated rings. The number of methoxy groups -OCH3 is 2. The molecule has 0 bridgehead atoms. The van der Waals surface area contributed by atoms with E-state index in [0.29, 0.717) is 12.1 Å². The Kier molecular flexibility index (Phi) is 6.23. The summed E-state index contributed by atoms with van der Waals surface area (Å²) < 4.78 is 10.2. The van der Waals surface area contributed by atoms with Crippen LogP contribution in [0.5, 0.6) is 0 Å². The zero-order chi connectivity index (χ0) is 14.5. The van der Waals surface area contributed by atoms with Crippen LogP contribution in [0.15, 0.2) is 0 Å². The molecule has 0 radical (unpaired) electrons. The van der Waals surface area contributed by atoms with Gasteiger partial charge < -0.3 is 14.8 Å².